The molecule has 0 heterocycles. The molecule has 0 radical (unpaired) electrons. The maximum absolute atomic E-state index is 5.58. The Morgan fingerprint density at radius 3 is 2.38 bits per heavy atom. The van der Waals surface area contributed by atoms with Gasteiger partial charge in [-0.15, -0.1) is 6.42 Å². The largest absolute Gasteiger partial charge is 0.115 e. The van der Waals surface area contributed by atoms with Crippen LogP contribution in [-0.4, -0.2) is 0 Å². The van der Waals surface area contributed by atoms with E-state index in [9.17, 15) is 0 Å². The number of rotatable bonds is 3. The van der Waals surface area contributed by atoms with E-state index in [0.717, 1.165) is 5.57 Å². The molecule has 0 unspecified atom stereocenters. The fourth-order valence-electron chi connectivity index (χ4n) is 1.64. The minimum absolute atomic E-state index is 0.116. The van der Waals surface area contributed by atoms with E-state index in [4.69, 9.17) is 6.42 Å². The Morgan fingerprint density at radius 2 is 1.88 bits per heavy atom. The number of benzene rings is 1. The molecule has 0 bridgehead atoms. The number of terminal acetylenes is 1. The quantitative estimate of drug-likeness (QED) is 0.520. The molecule has 0 atom stereocenters. The lowest BCUT2D eigenvalue weighted by atomic mass is 9.78. The predicted molar refractivity (Wildman–Crippen MR) is 71.2 cm³/mol. The zero-order valence-electron chi connectivity index (χ0n) is 10.2. The van der Waals surface area contributed by atoms with Gasteiger partial charge in [0, 0.05) is 11.0 Å². The van der Waals surface area contributed by atoms with Crippen molar-refractivity contribution >= 4 is 0 Å². The fraction of sp³-hybridized carbons (Fsp3) is 0.250. The van der Waals surface area contributed by atoms with Crippen molar-refractivity contribution in [3.63, 3.8) is 0 Å². The highest BCUT2D eigenvalue weighted by molar-refractivity contribution is 5.44. The van der Waals surface area contributed by atoms with Crippen LogP contribution in [0.15, 0.2) is 54.1 Å². The molecule has 0 heteroatoms. The molecule has 0 N–H and O–H groups in total. The Labute approximate surface area is 98.7 Å². The van der Waals surface area contributed by atoms with Gasteiger partial charge in [0.2, 0.25) is 0 Å². The van der Waals surface area contributed by atoms with E-state index in [2.05, 4.69) is 31.9 Å². The Bertz CT molecular complexity index is 425. The van der Waals surface area contributed by atoms with Crippen LogP contribution < -0.4 is 0 Å². The molecule has 1 aromatic rings. The maximum atomic E-state index is 5.58. The molecule has 0 aliphatic heterocycles. The zero-order valence-corrected chi connectivity index (χ0v) is 10.2. The van der Waals surface area contributed by atoms with Crippen molar-refractivity contribution in [2.75, 3.05) is 0 Å². The highest BCUT2D eigenvalue weighted by Gasteiger charge is 2.23. The van der Waals surface area contributed by atoms with Gasteiger partial charge in [0.15, 0.2) is 0 Å². The van der Waals surface area contributed by atoms with Crippen LogP contribution in [0.25, 0.3) is 0 Å². The molecule has 1 rings (SSSR count). The maximum Gasteiger partial charge on any atom is 0.0225 e. The Morgan fingerprint density at radius 1 is 1.25 bits per heavy atom. The standard InChI is InChI=1S/C16H18/c1-5-7-11-14(6-2)16(3,4)15-12-9-8-10-13-15/h2,5,7-13H,1,3-4H3/b7-5-,14-11+. The van der Waals surface area contributed by atoms with E-state index in [1.54, 1.807) is 0 Å². The molecule has 0 amide bonds. The highest BCUT2D eigenvalue weighted by Crippen LogP contribution is 2.30. The second kappa shape index (κ2) is 5.37. The fourth-order valence-corrected chi connectivity index (χ4v) is 1.64. The third-order valence-electron chi connectivity index (χ3n) is 2.78. The summed E-state index contributed by atoms with van der Waals surface area (Å²) in [5.74, 6) is 2.79. The van der Waals surface area contributed by atoms with Crippen LogP contribution in [0.2, 0.25) is 0 Å². The number of allylic oxidation sites excluding steroid dienone is 4. The third kappa shape index (κ3) is 2.64. The molecule has 0 fully saturated rings. The molecular weight excluding hydrogens is 192 g/mol. The van der Waals surface area contributed by atoms with Gasteiger partial charge in [0.1, 0.15) is 0 Å². The molecule has 1 aromatic carbocycles. The minimum Gasteiger partial charge on any atom is -0.115 e. The second-order valence-electron chi connectivity index (χ2n) is 4.24. The molecule has 0 aromatic heterocycles. The molecule has 0 nitrogen and oxygen atoms in total. The summed E-state index contributed by atoms with van der Waals surface area (Å²) in [7, 11) is 0. The monoisotopic (exact) mass is 210 g/mol. The van der Waals surface area contributed by atoms with Crippen LogP contribution in [0, 0.1) is 12.3 Å². The molecular formula is C16H18. The van der Waals surface area contributed by atoms with Crippen LogP contribution >= 0.6 is 0 Å². The van der Waals surface area contributed by atoms with Crippen molar-refractivity contribution in [1.82, 2.24) is 0 Å². The molecule has 0 aliphatic rings. The highest BCUT2D eigenvalue weighted by atomic mass is 14.3. The number of hydrogen-bond donors (Lipinski definition) is 0. The number of hydrogen-bond acceptors (Lipinski definition) is 0. The van der Waals surface area contributed by atoms with E-state index >= 15 is 0 Å². The van der Waals surface area contributed by atoms with E-state index in [1.165, 1.54) is 5.56 Å². The summed E-state index contributed by atoms with van der Waals surface area (Å²) in [5, 5.41) is 0. The van der Waals surface area contributed by atoms with Gasteiger partial charge in [-0.25, -0.2) is 0 Å². The van der Waals surface area contributed by atoms with E-state index in [-0.39, 0.29) is 5.41 Å². The van der Waals surface area contributed by atoms with Gasteiger partial charge in [-0.1, -0.05) is 68.3 Å². The normalized spacial score (nSPS) is 12.8. The van der Waals surface area contributed by atoms with Crippen LogP contribution in [0.5, 0.6) is 0 Å². The third-order valence-corrected chi connectivity index (χ3v) is 2.78. The van der Waals surface area contributed by atoms with Crippen molar-refractivity contribution in [2.24, 2.45) is 0 Å². The first-order chi connectivity index (χ1) is 7.62. The average Bonchev–Trinajstić information content (AvgIpc) is 2.31. The van der Waals surface area contributed by atoms with Gasteiger partial charge in [0.05, 0.1) is 0 Å². The Hall–Kier alpha value is -1.74. The Balaban J connectivity index is 3.15. The lowest BCUT2D eigenvalue weighted by Gasteiger charge is -2.25. The lowest BCUT2D eigenvalue weighted by molar-refractivity contribution is 0.644. The summed E-state index contributed by atoms with van der Waals surface area (Å²) >= 11 is 0. The van der Waals surface area contributed by atoms with Crippen molar-refractivity contribution in [3.8, 4) is 12.3 Å². The average molecular weight is 210 g/mol. The summed E-state index contributed by atoms with van der Waals surface area (Å²) in [6.07, 6.45) is 11.6. The Kier molecular flexibility index (Phi) is 4.14. The van der Waals surface area contributed by atoms with Gasteiger partial charge in [-0.2, -0.15) is 0 Å². The molecule has 82 valence electrons. The first-order valence-corrected chi connectivity index (χ1v) is 5.48. The van der Waals surface area contributed by atoms with E-state index < -0.39 is 0 Å². The van der Waals surface area contributed by atoms with Crippen LogP contribution in [0.4, 0.5) is 0 Å². The summed E-state index contributed by atoms with van der Waals surface area (Å²) in [6, 6.07) is 10.3. The lowest BCUT2D eigenvalue weighted by Crippen LogP contribution is -2.19. The second-order valence-corrected chi connectivity index (χ2v) is 4.24. The van der Waals surface area contributed by atoms with Crippen molar-refractivity contribution in [3.05, 3.63) is 59.7 Å². The van der Waals surface area contributed by atoms with Gasteiger partial charge in [-0.3, -0.25) is 0 Å². The van der Waals surface area contributed by atoms with E-state index in [1.807, 2.05) is 43.4 Å². The van der Waals surface area contributed by atoms with Crippen molar-refractivity contribution in [2.45, 2.75) is 26.2 Å². The van der Waals surface area contributed by atoms with Crippen molar-refractivity contribution in [1.29, 1.82) is 0 Å². The first-order valence-electron chi connectivity index (χ1n) is 5.48. The van der Waals surface area contributed by atoms with Gasteiger partial charge >= 0.3 is 0 Å². The SMILES string of the molecule is C#C/C(=C\C=C/C)C(C)(C)c1ccccc1. The van der Waals surface area contributed by atoms with Crippen LogP contribution in [0.3, 0.4) is 0 Å². The minimum atomic E-state index is -0.116. The topological polar surface area (TPSA) is 0 Å². The summed E-state index contributed by atoms with van der Waals surface area (Å²) in [6.45, 7) is 6.29. The smallest absolute Gasteiger partial charge is 0.0225 e. The van der Waals surface area contributed by atoms with Gasteiger partial charge in [0.25, 0.3) is 0 Å². The van der Waals surface area contributed by atoms with Crippen molar-refractivity contribution < 1.29 is 0 Å². The zero-order chi connectivity index (χ0) is 12.0. The molecule has 0 spiro atoms. The molecule has 0 saturated carbocycles. The molecule has 16 heavy (non-hydrogen) atoms. The molecule has 0 aliphatic carbocycles. The van der Waals surface area contributed by atoms with Crippen LogP contribution in [0.1, 0.15) is 26.3 Å². The summed E-state index contributed by atoms with van der Waals surface area (Å²) in [4.78, 5) is 0. The van der Waals surface area contributed by atoms with E-state index in [0.29, 0.717) is 0 Å². The van der Waals surface area contributed by atoms with Crippen LogP contribution in [-0.2, 0) is 5.41 Å². The summed E-state index contributed by atoms with van der Waals surface area (Å²) < 4.78 is 0. The molecule has 0 saturated heterocycles. The first kappa shape index (κ1) is 12.3. The van der Waals surface area contributed by atoms with Gasteiger partial charge in [-0.05, 0) is 12.5 Å². The summed E-state index contributed by atoms with van der Waals surface area (Å²) in [5.41, 5.74) is 2.12. The predicted octanol–water partition coefficient (Wildman–Crippen LogP) is 4.10. The van der Waals surface area contributed by atoms with Gasteiger partial charge < -0.3 is 0 Å².